The van der Waals surface area contributed by atoms with Crippen LogP contribution in [0.4, 0.5) is 4.39 Å². The van der Waals surface area contributed by atoms with Crippen LogP contribution < -0.4 is 10.9 Å². The van der Waals surface area contributed by atoms with Crippen molar-refractivity contribution in [2.24, 2.45) is 0 Å². The quantitative estimate of drug-likeness (QED) is 0.706. The molecule has 2 aromatic carbocycles. The van der Waals surface area contributed by atoms with Gasteiger partial charge in [0.15, 0.2) is 0 Å². The Bertz CT molecular complexity index is 1090. The molecule has 0 spiro atoms. The molecule has 1 atom stereocenters. The molecule has 136 valence electrons. The molecule has 1 N–H and O–H groups in total. The van der Waals surface area contributed by atoms with Crippen LogP contribution >= 0.6 is 0 Å². The van der Waals surface area contributed by atoms with Gasteiger partial charge in [-0.05, 0) is 29.8 Å². The Morgan fingerprint density at radius 3 is 2.63 bits per heavy atom. The van der Waals surface area contributed by atoms with Crippen LogP contribution in [-0.4, -0.2) is 29.8 Å². The molecule has 1 aromatic heterocycles. The SMILES string of the molecule is O=C1NCCN(C(=O)c2cc3ccccc3oc2=O)C1c1ccc(F)cc1. The van der Waals surface area contributed by atoms with Crippen LogP contribution in [0.3, 0.4) is 0 Å². The molecular formula is C20H15FN2O4. The van der Waals surface area contributed by atoms with E-state index >= 15 is 0 Å². The second kappa shape index (κ2) is 6.68. The summed E-state index contributed by atoms with van der Waals surface area (Å²) in [6.07, 6.45) is 0. The lowest BCUT2D eigenvalue weighted by atomic mass is 10.0. The van der Waals surface area contributed by atoms with Crippen molar-refractivity contribution in [3.05, 3.63) is 82.0 Å². The maximum Gasteiger partial charge on any atom is 0.349 e. The molecule has 4 rings (SSSR count). The Hall–Kier alpha value is -3.48. The molecule has 0 saturated carbocycles. The predicted octanol–water partition coefficient (Wildman–Crippen LogP) is 2.25. The number of nitrogens with one attached hydrogen (secondary N) is 1. The van der Waals surface area contributed by atoms with E-state index in [0.717, 1.165) is 0 Å². The van der Waals surface area contributed by atoms with Crippen LogP contribution in [0.2, 0.25) is 0 Å². The van der Waals surface area contributed by atoms with Gasteiger partial charge in [0.2, 0.25) is 5.91 Å². The molecule has 1 fully saturated rings. The summed E-state index contributed by atoms with van der Waals surface area (Å²) >= 11 is 0. The molecule has 2 amide bonds. The van der Waals surface area contributed by atoms with Crippen molar-refractivity contribution in [2.75, 3.05) is 13.1 Å². The predicted molar refractivity (Wildman–Crippen MR) is 95.7 cm³/mol. The summed E-state index contributed by atoms with van der Waals surface area (Å²) in [4.78, 5) is 39.1. The first kappa shape index (κ1) is 17.0. The minimum atomic E-state index is -0.947. The topological polar surface area (TPSA) is 79.6 Å². The van der Waals surface area contributed by atoms with Crippen LogP contribution in [0, 0.1) is 5.82 Å². The van der Waals surface area contributed by atoms with Gasteiger partial charge in [0, 0.05) is 18.5 Å². The monoisotopic (exact) mass is 366 g/mol. The summed E-state index contributed by atoms with van der Waals surface area (Å²) in [5.41, 5.74) is -0.0595. The van der Waals surface area contributed by atoms with E-state index in [1.165, 1.54) is 35.2 Å². The average molecular weight is 366 g/mol. The first-order valence-electron chi connectivity index (χ1n) is 8.41. The van der Waals surface area contributed by atoms with Gasteiger partial charge in [-0.25, -0.2) is 9.18 Å². The number of fused-ring (bicyclic) bond motifs is 1. The smallest absolute Gasteiger partial charge is 0.349 e. The number of hydrogen-bond donors (Lipinski definition) is 1. The molecule has 1 aliphatic heterocycles. The third-order valence-electron chi connectivity index (χ3n) is 4.53. The summed E-state index contributed by atoms with van der Waals surface area (Å²) < 4.78 is 18.5. The van der Waals surface area contributed by atoms with E-state index in [4.69, 9.17) is 4.42 Å². The highest BCUT2D eigenvalue weighted by Crippen LogP contribution is 2.25. The van der Waals surface area contributed by atoms with Crippen LogP contribution in [0.5, 0.6) is 0 Å². The second-order valence-corrected chi connectivity index (χ2v) is 6.23. The highest BCUT2D eigenvalue weighted by Gasteiger charge is 2.36. The number of halogens is 1. The molecule has 0 aliphatic carbocycles. The molecule has 7 heteroatoms. The van der Waals surface area contributed by atoms with E-state index < -0.39 is 23.4 Å². The fraction of sp³-hybridized carbons (Fsp3) is 0.150. The molecule has 2 heterocycles. The Morgan fingerprint density at radius 1 is 1.11 bits per heavy atom. The zero-order valence-electron chi connectivity index (χ0n) is 14.1. The molecule has 6 nitrogen and oxygen atoms in total. The number of amides is 2. The number of piperazine rings is 1. The van der Waals surface area contributed by atoms with Crippen LogP contribution in [0.15, 0.2) is 63.8 Å². The van der Waals surface area contributed by atoms with Gasteiger partial charge in [0.05, 0.1) is 0 Å². The first-order chi connectivity index (χ1) is 13.0. The van der Waals surface area contributed by atoms with Crippen molar-refractivity contribution in [1.29, 1.82) is 0 Å². The number of hydrogen-bond acceptors (Lipinski definition) is 4. The van der Waals surface area contributed by atoms with Crippen molar-refractivity contribution >= 4 is 22.8 Å². The third kappa shape index (κ3) is 3.08. The Labute approximate surface area is 153 Å². The van der Waals surface area contributed by atoms with Gasteiger partial charge in [-0.1, -0.05) is 30.3 Å². The molecule has 3 aromatic rings. The van der Waals surface area contributed by atoms with Gasteiger partial charge < -0.3 is 14.6 Å². The summed E-state index contributed by atoms with van der Waals surface area (Å²) in [5, 5.41) is 3.31. The van der Waals surface area contributed by atoms with Gasteiger partial charge in [-0.2, -0.15) is 0 Å². The fourth-order valence-electron chi connectivity index (χ4n) is 3.23. The molecular weight excluding hydrogens is 351 g/mol. The molecule has 0 radical (unpaired) electrons. The zero-order chi connectivity index (χ0) is 19.0. The Morgan fingerprint density at radius 2 is 1.85 bits per heavy atom. The van der Waals surface area contributed by atoms with Crippen LogP contribution in [0.1, 0.15) is 22.0 Å². The minimum Gasteiger partial charge on any atom is -0.422 e. The van der Waals surface area contributed by atoms with Gasteiger partial charge in [0.1, 0.15) is 23.0 Å². The molecule has 0 bridgehead atoms. The molecule has 27 heavy (non-hydrogen) atoms. The second-order valence-electron chi connectivity index (χ2n) is 6.23. The third-order valence-corrected chi connectivity index (χ3v) is 4.53. The van der Waals surface area contributed by atoms with Crippen LogP contribution in [-0.2, 0) is 4.79 Å². The van der Waals surface area contributed by atoms with E-state index in [9.17, 15) is 18.8 Å². The Balaban J connectivity index is 1.76. The van der Waals surface area contributed by atoms with Gasteiger partial charge in [-0.15, -0.1) is 0 Å². The summed E-state index contributed by atoms with van der Waals surface area (Å²) in [6.45, 7) is 0.486. The highest BCUT2D eigenvalue weighted by molar-refractivity contribution is 6.00. The lowest BCUT2D eigenvalue weighted by Crippen LogP contribution is -2.52. The minimum absolute atomic E-state index is 0.143. The number of carbonyl (C=O) groups excluding carboxylic acids is 2. The van der Waals surface area contributed by atoms with E-state index in [1.54, 1.807) is 24.3 Å². The maximum atomic E-state index is 13.2. The fourth-order valence-corrected chi connectivity index (χ4v) is 3.23. The number of para-hydroxylation sites is 1. The van der Waals surface area contributed by atoms with Crippen molar-refractivity contribution in [3.63, 3.8) is 0 Å². The average Bonchev–Trinajstić information content (AvgIpc) is 2.67. The van der Waals surface area contributed by atoms with Gasteiger partial charge in [-0.3, -0.25) is 9.59 Å². The Kier molecular flexibility index (Phi) is 4.19. The lowest BCUT2D eigenvalue weighted by Gasteiger charge is -2.35. The van der Waals surface area contributed by atoms with Crippen molar-refractivity contribution < 1.29 is 18.4 Å². The highest BCUT2D eigenvalue weighted by atomic mass is 19.1. The van der Waals surface area contributed by atoms with E-state index in [2.05, 4.69) is 5.32 Å². The van der Waals surface area contributed by atoms with Crippen molar-refractivity contribution in [2.45, 2.75) is 6.04 Å². The standard InChI is InChI=1S/C20H15FN2O4/c21-14-7-5-12(6-8-14)17-18(24)22-9-10-23(17)19(25)15-11-13-3-1-2-4-16(13)27-20(15)26/h1-8,11,17H,9-10H2,(H,22,24). The van der Waals surface area contributed by atoms with Gasteiger partial charge in [0.25, 0.3) is 5.91 Å². The van der Waals surface area contributed by atoms with E-state index in [0.29, 0.717) is 16.5 Å². The first-order valence-corrected chi connectivity index (χ1v) is 8.41. The maximum absolute atomic E-state index is 13.2. The van der Waals surface area contributed by atoms with Gasteiger partial charge >= 0.3 is 5.63 Å². The van der Waals surface area contributed by atoms with Crippen LogP contribution in [0.25, 0.3) is 11.0 Å². The molecule has 1 aliphatic rings. The summed E-state index contributed by atoms with van der Waals surface area (Å²) in [7, 11) is 0. The zero-order valence-corrected chi connectivity index (χ0v) is 14.1. The van der Waals surface area contributed by atoms with Crippen molar-refractivity contribution in [1.82, 2.24) is 10.2 Å². The number of nitrogens with zero attached hydrogens (tertiary/aromatic N) is 1. The lowest BCUT2D eigenvalue weighted by molar-refractivity contribution is -0.128. The molecule has 1 unspecified atom stereocenters. The van der Waals surface area contributed by atoms with Crippen molar-refractivity contribution in [3.8, 4) is 0 Å². The number of carbonyl (C=O) groups is 2. The number of rotatable bonds is 2. The summed E-state index contributed by atoms with van der Waals surface area (Å²) in [5.74, 6) is -1.42. The normalized spacial score (nSPS) is 17.0. The number of benzene rings is 2. The largest absolute Gasteiger partial charge is 0.422 e. The summed E-state index contributed by atoms with van der Waals surface area (Å²) in [6, 6.07) is 12.8. The molecule has 1 saturated heterocycles. The van der Waals surface area contributed by atoms with E-state index in [-0.39, 0.29) is 24.6 Å². The van der Waals surface area contributed by atoms with E-state index in [1.807, 2.05) is 0 Å².